The highest BCUT2D eigenvalue weighted by atomic mass is 16.5. The summed E-state index contributed by atoms with van der Waals surface area (Å²) < 4.78 is 5.97. The van der Waals surface area contributed by atoms with Gasteiger partial charge in [-0.1, -0.05) is 56.7 Å². The number of aromatic nitrogens is 1. The van der Waals surface area contributed by atoms with Gasteiger partial charge < -0.3 is 19.9 Å². The van der Waals surface area contributed by atoms with Crippen LogP contribution in [-0.4, -0.2) is 52.5 Å². The van der Waals surface area contributed by atoms with Crippen LogP contribution in [0.25, 0.3) is 10.9 Å². The van der Waals surface area contributed by atoms with Gasteiger partial charge in [-0.05, 0) is 50.2 Å². The lowest BCUT2D eigenvalue weighted by Gasteiger charge is -2.46. The fourth-order valence-electron chi connectivity index (χ4n) is 6.37. The van der Waals surface area contributed by atoms with Gasteiger partial charge in [-0.25, -0.2) is 0 Å². The van der Waals surface area contributed by atoms with Crippen LogP contribution in [0.2, 0.25) is 0 Å². The molecule has 0 bridgehead atoms. The van der Waals surface area contributed by atoms with E-state index in [1.165, 1.54) is 19.3 Å². The molecule has 3 fully saturated rings. The lowest BCUT2D eigenvalue weighted by atomic mass is 9.78. The van der Waals surface area contributed by atoms with E-state index in [0.29, 0.717) is 13.0 Å². The van der Waals surface area contributed by atoms with Crippen LogP contribution < -0.4 is 5.32 Å². The first-order valence-electron chi connectivity index (χ1n) is 13.4. The maximum Gasteiger partial charge on any atom is 0.246 e. The fraction of sp³-hybridized carbons (Fsp3) is 0.643. The average Bonchev–Trinajstić information content (AvgIpc) is 3.54. The third-order valence-electron chi connectivity index (χ3n) is 8.29. The third-order valence-corrected chi connectivity index (χ3v) is 8.29. The molecular weight excluding hydrogens is 426 g/mol. The fourth-order valence-corrected chi connectivity index (χ4v) is 6.37. The number of amides is 2. The first-order valence-corrected chi connectivity index (χ1v) is 13.4. The summed E-state index contributed by atoms with van der Waals surface area (Å²) in [5, 5.41) is 4.48. The van der Waals surface area contributed by atoms with Gasteiger partial charge in [0.2, 0.25) is 11.8 Å². The molecule has 1 unspecified atom stereocenters. The lowest BCUT2D eigenvalue weighted by Crippen LogP contribution is -2.64. The highest BCUT2D eigenvalue weighted by molar-refractivity contribution is 5.94. The Balaban J connectivity index is 1.43. The molecule has 2 amide bonds. The van der Waals surface area contributed by atoms with E-state index in [1.54, 1.807) is 0 Å². The summed E-state index contributed by atoms with van der Waals surface area (Å²) in [7, 11) is 0. The molecule has 184 valence electrons. The number of para-hydroxylation sites is 1. The molecule has 2 saturated carbocycles. The van der Waals surface area contributed by atoms with Crippen LogP contribution in [-0.2, 0) is 20.7 Å². The van der Waals surface area contributed by atoms with Gasteiger partial charge in [0.1, 0.15) is 5.54 Å². The summed E-state index contributed by atoms with van der Waals surface area (Å²) in [5.41, 5.74) is 1.28. The second kappa shape index (κ2) is 10.5. The van der Waals surface area contributed by atoms with Crippen LogP contribution in [0.3, 0.4) is 0 Å². The molecule has 0 spiro atoms. The Bertz CT molecular complexity index is 982. The van der Waals surface area contributed by atoms with E-state index in [0.717, 1.165) is 80.9 Å². The normalized spacial score (nSPS) is 23.1. The van der Waals surface area contributed by atoms with E-state index in [9.17, 15) is 9.59 Å². The van der Waals surface area contributed by atoms with E-state index in [4.69, 9.17) is 4.74 Å². The van der Waals surface area contributed by atoms with E-state index < -0.39 is 5.54 Å². The van der Waals surface area contributed by atoms with Gasteiger partial charge in [0.15, 0.2) is 0 Å². The maximum absolute atomic E-state index is 14.0. The van der Waals surface area contributed by atoms with Crippen molar-refractivity contribution < 1.29 is 14.3 Å². The number of aromatic amines is 1. The van der Waals surface area contributed by atoms with Crippen molar-refractivity contribution in [3.63, 3.8) is 0 Å². The Kier molecular flexibility index (Phi) is 7.23. The van der Waals surface area contributed by atoms with Crippen molar-refractivity contribution in [3.05, 3.63) is 36.0 Å². The largest absolute Gasteiger partial charge is 0.376 e. The molecular formula is C28H39N3O3. The van der Waals surface area contributed by atoms with Crippen LogP contribution >= 0.6 is 0 Å². The van der Waals surface area contributed by atoms with Crippen molar-refractivity contribution in [1.82, 2.24) is 15.2 Å². The Hall–Kier alpha value is -2.34. The van der Waals surface area contributed by atoms with Crippen LogP contribution in [0.1, 0.15) is 82.6 Å². The van der Waals surface area contributed by atoms with Gasteiger partial charge >= 0.3 is 0 Å². The van der Waals surface area contributed by atoms with Crippen molar-refractivity contribution in [1.29, 1.82) is 0 Å². The maximum atomic E-state index is 14.0. The monoisotopic (exact) mass is 465 g/mol. The van der Waals surface area contributed by atoms with E-state index in [-0.39, 0.29) is 24.0 Å². The SMILES string of the molecule is O=C(Cc1c[nH]c2ccccc12)N(CC1CCCO1)C1(C(=O)NC2CCCCC2)CCCCC1. The number of carbonyl (C=O) groups excluding carboxylic acids is 2. The van der Waals surface area contributed by atoms with Crippen LogP contribution in [0.15, 0.2) is 30.5 Å². The molecule has 2 aliphatic carbocycles. The molecule has 1 atom stereocenters. The van der Waals surface area contributed by atoms with E-state index >= 15 is 0 Å². The molecule has 3 aliphatic rings. The predicted octanol–water partition coefficient (Wildman–Crippen LogP) is 4.87. The van der Waals surface area contributed by atoms with Crippen molar-refractivity contribution in [2.45, 2.75) is 101 Å². The quantitative estimate of drug-likeness (QED) is 0.613. The number of nitrogens with one attached hydrogen (secondary N) is 2. The van der Waals surface area contributed by atoms with Crippen LogP contribution in [0.4, 0.5) is 0 Å². The minimum Gasteiger partial charge on any atom is -0.376 e. The molecule has 1 aromatic carbocycles. The standard InChI is InChI=1S/C28H39N3O3/c32-26(18-21-19-29-25-14-6-5-13-24(21)25)31(20-23-12-9-17-34-23)28(15-7-2-8-16-28)27(33)30-22-10-3-1-4-11-22/h5-6,13-14,19,22-23,29H,1-4,7-12,15-18,20H2,(H,30,33). The minimum atomic E-state index is -0.759. The van der Waals surface area contributed by atoms with Crippen LogP contribution in [0.5, 0.6) is 0 Å². The number of hydrogen-bond donors (Lipinski definition) is 2. The smallest absolute Gasteiger partial charge is 0.246 e. The average molecular weight is 466 g/mol. The summed E-state index contributed by atoms with van der Waals surface area (Å²) in [6, 6.07) is 8.35. The summed E-state index contributed by atoms with van der Waals surface area (Å²) in [6.45, 7) is 1.26. The van der Waals surface area contributed by atoms with Crippen molar-refractivity contribution >= 4 is 22.7 Å². The first-order chi connectivity index (χ1) is 16.7. The van der Waals surface area contributed by atoms with Gasteiger partial charge in [-0.15, -0.1) is 0 Å². The second-order valence-corrected chi connectivity index (χ2v) is 10.6. The summed E-state index contributed by atoms with van der Waals surface area (Å²) in [5.74, 6) is 0.116. The summed E-state index contributed by atoms with van der Waals surface area (Å²) in [4.78, 5) is 33.2. The predicted molar refractivity (Wildman–Crippen MR) is 134 cm³/mol. The number of ether oxygens (including phenoxy) is 1. The van der Waals surface area contributed by atoms with E-state index in [2.05, 4.69) is 16.4 Å². The number of H-pyrrole nitrogens is 1. The Morgan fingerprint density at radius 3 is 2.53 bits per heavy atom. The second-order valence-electron chi connectivity index (χ2n) is 10.6. The molecule has 1 aromatic heterocycles. The number of benzene rings is 1. The number of nitrogens with zero attached hydrogens (tertiary/aromatic N) is 1. The molecule has 34 heavy (non-hydrogen) atoms. The van der Waals surface area contributed by atoms with Gasteiger partial charge in [0, 0.05) is 36.3 Å². The van der Waals surface area contributed by atoms with Crippen molar-refractivity contribution in [2.75, 3.05) is 13.2 Å². The van der Waals surface area contributed by atoms with Gasteiger partial charge in [0.25, 0.3) is 0 Å². The summed E-state index contributed by atoms with van der Waals surface area (Å²) >= 11 is 0. The Morgan fingerprint density at radius 1 is 1.00 bits per heavy atom. The number of carbonyl (C=O) groups is 2. The Morgan fingerprint density at radius 2 is 1.76 bits per heavy atom. The molecule has 6 heteroatoms. The minimum absolute atomic E-state index is 0.0215. The number of hydrogen-bond acceptors (Lipinski definition) is 3. The van der Waals surface area contributed by atoms with Crippen molar-refractivity contribution in [3.8, 4) is 0 Å². The lowest BCUT2D eigenvalue weighted by molar-refractivity contribution is -0.152. The molecule has 5 rings (SSSR count). The highest BCUT2D eigenvalue weighted by Gasteiger charge is 2.48. The molecule has 2 aromatic rings. The zero-order chi connectivity index (χ0) is 23.4. The van der Waals surface area contributed by atoms with Gasteiger partial charge in [-0.2, -0.15) is 0 Å². The molecule has 2 N–H and O–H groups in total. The zero-order valence-electron chi connectivity index (χ0n) is 20.3. The van der Waals surface area contributed by atoms with Gasteiger partial charge in [-0.3, -0.25) is 9.59 Å². The molecule has 2 heterocycles. The number of rotatable bonds is 7. The molecule has 1 saturated heterocycles. The topological polar surface area (TPSA) is 74.4 Å². The van der Waals surface area contributed by atoms with Gasteiger partial charge in [0.05, 0.1) is 12.5 Å². The first kappa shape index (κ1) is 23.4. The van der Waals surface area contributed by atoms with Crippen molar-refractivity contribution in [2.24, 2.45) is 0 Å². The molecule has 1 aliphatic heterocycles. The zero-order valence-corrected chi connectivity index (χ0v) is 20.3. The third kappa shape index (κ3) is 4.88. The molecule has 0 radical (unpaired) electrons. The number of fused-ring (bicyclic) bond motifs is 1. The van der Waals surface area contributed by atoms with Crippen LogP contribution in [0, 0.1) is 0 Å². The van der Waals surface area contributed by atoms with E-state index in [1.807, 2.05) is 29.3 Å². The highest BCUT2D eigenvalue weighted by Crippen LogP contribution is 2.36. The molecule has 6 nitrogen and oxygen atoms in total. The Labute approximate surface area is 202 Å². The summed E-state index contributed by atoms with van der Waals surface area (Å²) in [6.07, 6.45) is 14.6.